The summed E-state index contributed by atoms with van der Waals surface area (Å²) in [5.41, 5.74) is 2.51. The molecule has 0 heterocycles. The number of hydrogen-bond donors (Lipinski definition) is 1. The third-order valence-corrected chi connectivity index (χ3v) is 4.38. The molecule has 1 saturated carbocycles. The monoisotopic (exact) mass is 294 g/mol. The third kappa shape index (κ3) is 4.13. The summed E-state index contributed by atoms with van der Waals surface area (Å²) in [6, 6.07) is 6.24. The standard InChI is InChI=1S/C17H27ClN2/c1-13(2)10-19-11-15-8-5-9-16(18)17(15)20(3)12-14-6-4-7-14/h5,8-9,13-14,19H,4,6-7,10-12H2,1-3H3. The molecule has 0 saturated heterocycles. The van der Waals surface area contributed by atoms with E-state index in [1.165, 1.54) is 30.5 Å². The van der Waals surface area contributed by atoms with Crippen molar-refractivity contribution in [1.29, 1.82) is 0 Å². The Morgan fingerprint density at radius 2 is 2.10 bits per heavy atom. The second-order valence-electron chi connectivity index (χ2n) is 6.45. The number of rotatable bonds is 7. The molecule has 2 nitrogen and oxygen atoms in total. The first-order valence-corrected chi connectivity index (χ1v) is 8.15. The van der Waals surface area contributed by atoms with Gasteiger partial charge in [-0.15, -0.1) is 0 Å². The minimum absolute atomic E-state index is 0.672. The van der Waals surface area contributed by atoms with E-state index in [2.05, 4.69) is 43.2 Å². The topological polar surface area (TPSA) is 15.3 Å². The molecule has 20 heavy (non-hydrogen) atoms. The van der Waals surface area contributed by atoms with Crippen LogP contribution >= 0.6 is 11.6 Å². The molecule has 0 aromatic heterocycles. The summed E-state index contributed by atoms with van der Waals surface area (Å²) in [6.45, 7) is 7.52. The number of benzene rings is 1. The highest BCUT2D eigenvalue weighted by molar-refractivity contribution is 6.33. The van der Waals surface area contributed by atoms with Crippen LogP contribution in [0.25, 0.3) is 0 Å². The van der Waals surface area contributed by atoms with Gasteiger partial charge in [-0.1, -0.05) is 44.0 Å². The lowest BCUT2D eigenvalue weighted by Crippen LogP contribution is -2.30. The van der Waals surface area contributed by atoms with E-state index in [1.807, 2.05) is 6.07 Å². The Bertz CT molecular complexity index is 427. The molecule has 1 aromatic rings. The number of halogens is 1. The van der Waals surface area contributed by atoms with Crippen LogP contribution in [0.15, 0.2) is 18.2 Å². The van der Waals surface area contributed by atoms with E-state index in [0.717, 1.165) is 30.6 Å². The maximum atomic E-state index is 6.44. The number of anilines is 1. The Morgan fingerprint density at radius 1 is 1.35 bits per heavy atom. The Kier molecular flexibility index (Phi) is 5.74. The maximum Gasteiger partial charge on any atom is 0.0642 e. The molecule has 1 fully saturated rings. The van der Waals surface area contributed by atoms with Crippen LogP contribution in [-0.4, -0.2) is 20.1 Å². The average molecular weight is 295 g/mol. The molecule has 112 valence electrons. The van der Waals surface area contributed by atoms with E-state index in [9.17, 15) is 0 Å². The van der Waals surface area contributed by atoms with Crippen LogP contribution in [0.2, 0.25) is 5.02 Å². The SMILES string of the molecule is CC(C)CNCc1cccc(Cl)c1N(C)CC1CCC1. The van der Waals surface area contributed by atoms with Crippen LogP contribution in [0.5, 0.6) is 0 Å². The fourth-order valence-electron chi connectivity index (χ4n) is 2.78. The van der Waals surface area contributed by atoms with E-state index in [4.69, 9.17) is 11.6 Å². The van der Waals surface area contributed by atoms with Gasteiger partial charge in [-0.25, -0.2) is 0 Å². The van der Waals surface area contributed by atoms with Crippen LogP contribution in [0.4, 0.5) is 5.69 Å². The minimum atomic E-state index is 0.672. The van der Waals surface area contributed by atoms with Crippen molar-refractivity contribution in [3.8, 4) is 0 Å². The Morgan fingerprint density at radius 3 is 2.70 bits per heavy atom. The quantitative estimate of drug-likeness (QED) is 0.805. The van der Waals surface area contributed by atoms with Gasteiger partial charge in [0.25, 0.3) is 0 Å². The predicted octanol–water partition coefficient (Wildman–Crippen LogP) is 4.32. The zero-order valence-electron chi connectivity index (χ0n) is 13.0. The van der Waals surface area contributed by atoms with Gasteiger partial charge in [-0.2, -0.15) is 0 Å². The van der Waals surface area contributed by atoms with Crippen molar-refractivity contribution in [2.24, 2.45) is 11.8 Å². The first kappa shape index (κ1) is 15.7. The Hall–Kier alpha value is -0.730. The Balaban J connectivity index is 2.04. The maximum absolute atomic E-state index is 6.44. The molecule has 0 amide bonds. The van der Waals surface area contributed by atoms with Crippen LogP contribution in [0.3, 0.4) is 0 Å². The molecule has 0 radical (unpaired) electrons. The zero-order valence-corrected chi connectivity index (χ0v) is 13.7. The lowest BCUT2D eigenvalue weighted by molar-refractivity contribution is 0.321. The summed E-state index contributed by atoms with van der Waals surface area (Å²) in [4.78, 5) is 2.35. The molecule has 0 spiro atoms. The molecule has 2 rings (SSSR count). The lowest BCUT2D eigenvalue weighted by atomic mass is 9.85. The van der Waals surface area contributed by atoms with E-state index >= 15 is 0 Å². The van der Waals surface area contributed by atoms with Gasteiger partial charge in [0.15, 0.2) is 0 Å². The van der Waals surface area contributed by atoms with Crippen molar-refractivity contribution in [2.45, 2.75) is 39.7 Å². The van der Waals surface area contributed by atoms with E-state index in [1.54, 1.807) is 0 Å². The van der Waals surface area contributed by atoms with Gasteiger partial charge >= 0.3 is 0 Å². The van der Waals surface area contributed by atoms with Gasteiger partial charge in [0, 0.05) is 20.1 Å². The molecule has 0 atom stereocenters. The summed E-state index contributed by atoms with van der Waals surface area (Å²) in [5, 5.41) is 4.39. The van der Waals surface area contributed by atoms with Crippen LogP contribution < -0.4 is 10.2 Å². The fourth-order valence-corrected chi connectivity index (χ4v) is 3.12. The number of nitrogens with one attached hydrogen (secondary N) is 1. The van der Waals surface area contributed by atoms with Crippen molar-refractivity contribution in [2.75, 3.05) is 25.0 Å². The molecule has 1 aliphatic carbocycles. The normalized spacial score (nSPS) is 15.4. The van der Waals surface area contributed by atoms with Gasteiger partial charge in [0.1, 0.15) is 0 Å². The minimum Gasteiger partial charge on any atom is -0.373 e. The summed E-state index contributed by atoms with van der Waals surface area (Å²) in [7, 11) is 2.17. The lowest BCUT2D eigenvalue weighted by Gasteiger charge is -2.32. The van der Waals surface area contributed by atoms with Crippen LogP contribution in [0.1, 0.15) is 38.7 Å². The first-order chi connectivity index (χ1) is 9.58. The summed E-state index contributed by atoms with van der Waals surface area (Å²) >= 11 is 6.44. The third-order valence-electron chi connectivity index (χ3n) is 4.08. The molecule has 0 aliphatic heterocycles. The van der Waals surface area contributed by atoms with Crippen molar-refractivity contribution in [3.05, 3.63) is 28.8 Å². The molecular weight excluding hydrogens is 268 g/mol. The smallest absolute Gasteiger partial charge is 0.0642 e. The van der Waals surface area contributed by atoms with Crippen molar-refractivity contribution in [3.63, 3.8) is 0 Å². The number of hydrogen-bond acceptors (Lipinski definition) is 2. The molecule has 1 N–H and O–H groups in total. The summed E-state index contributed by atoms with van der Waals surface area (Å²) in [6.07, 6.45) is 4.13. The predicted molar refractivity (Wildman–Crippen MR) is 88.6 cm³/mol. The fraction of sp³-hybridized carbons (Fsp3) is 0.647. The summed E-state index contributed by atoms with van der Waals surface area (Å²) in [5.74, 6) is 1.53. The molecule has 1 aromatic carbocycles. The molecule has 0 unspecified atom stereocenters. The van der Waals surface area contributed by atoms with Crippen molar-refractivity contribution < 1.29 is 0 Å². The number of para-hydroxylation sites is 1. The summed E-state index contributed by atoms with van der Waals surface area (Å²) < 4.78 is 0. The highest BCUT2D eigenvalue weighted by Gasteiger charge is 2.21. The van der Waals surface area contributed by atoms with Gasteiger partial charge < -0.3 is 10.2 Å². The van der Waals surface area contributed by atoms with E-state index < -0.39 is 0 Å². The van der Waals surface area contributed by atoms with Gasteiger partial charge in [-0.3, -0.25) is 0 Å². The second kappa shape index (κ2) is 7.33. The average Bonchev–Trinajstić information content (AvgIpc) is 2.33. The molecule has 0 bridgehead atoms. The zero-order chi connectivity index (χ0) is 14.5. The first-order valence-electron chi connectivity index (χ1n) is 7.77. The van der Waals surface area contributed by atoms with Gasteiger partial charge in [0.2, 0.25) is 0 Å². The molecular formula is C17H27ClN2. The molecule has 1 aliphatic rings. The van der Waals surface area contributed by atoms with E-state index in [-0.39, 0.29) is 0 Å². The van der Waals surface area contributed by atoms with Gasteiger partial charge in [0.05, 0.1) is 10.7 Å². The Labute approximate surface area is 128 Å². The van der Waals surface area contributed by atoms with Crippen LogP contribution in [0, 0.1) is 11.8 Å². The van der Waals surface area contributed by atoms with Crippen molar-refractivity contribution >= 4 is 17.3 Å². The van der Waals surface area contributed by atoms with Gasteiger partial charge in [-0.05, 0) is 42.9 Å². The number of nitrogens with zero attached hydrogens (tertiary/aromatic N) is 1. The largest absolute Gasteiger partial charge is 0.373 e. The van der Waals surface area contributed by atoms with Crippen molar-refractivity contribution in [1.82, 2.24) is 5.32 Å². The highest BCUT2D eigenvalue weighted by Crippen LogP contribution is 2.33. The molecule has 3 heteroatoms. The van der Waals surface area contributed by atoms with E-state index in [0.29, 0.717) is 5.92 Å². The van der Waals surface area contributed by atoms with Crippen LogP contribution in [-0.2, 0) is 6.54 Å². The second-order valence-corrected chi connectivity index (χ2v) is 6.86. The highest BCUT2D eigenvalue weighted by atomic mass is 35.5.